The molecule has 0 amide bonds. The second kappa shape index (κ2) is 6.48. The quantitative estimate of drug-likeness (QED) is 0.446. The fourth-order valence-electron chi connectivity index (χ4n) is 1.75. The third-order valence-corrected chi connectivity index (χ3v) is 5.39. The Bertz CT molecular complexity index is 682. The zero-order valence-electron chi connectivity index (χ0n) is 10.2. The molecule has 0 spiro atoms. The van der Waals surface area contributed by atoms with E-state index >= 15 is 0 Å². The number of ether oxygens (including phenoxy) is 2. The fourth-order valence-corrected chi connectivity index (χ4v) is 3.89. The molecular weight excluding hydrogens is 386 g/mol. The molecule has 1 fully saturated rings. The first-order chi connectivity index (χ1) is 9.71. The lowest BCUT2D eigenvalue weighted by molar-refractivity contribution is 0.0271. The first-order valence-electron chi connectivity index (χ1n) is 5.62. The molecule has 0 N–H and O–H groups in total. The van der Waals surface area contributed by atoms with Gasteiger partial charge in [0.05, 0.1) is 33.8 Å². The molecule has 1 heterocycles. The maximum absolute atomic E-state index is 12.1. The SMILES string of the molecule is O=C(OC1CCOC1)c1c(Cl)c(Cl)cc(S(=O)(=O)Cl)c1Cl. The summed E-state index contributed by atoms with van der Waals surface area (Å²) in [4.78, 5) is 11.6. The summed E-state index contributed by atoms with van der Waals surface area (Å²) in [7, 11) is 1.06. The lowest BCUT2D eigenvalue weighted by Gasteiger charge is -2.14. The van der Waals surface area contributed by atoms with Gasteiger partial charge >= 0.3 is 5.97 Å². The van der Waals surface area contributed by atoms with Gasteiger partial charge < -0.3 is 9.47 Å². The average molecular weight is 394 g/mol. The molecule has 1 aromatic rings. The van der Waals surface area contributed by atoms with Crippen molar-refractivity contribution in [2.24, 2.45) is 0 Å². The van der Waals surface area contributed by atoms with Gasteiger partial charge in [-0.3, -0.25) is 0 Å². The molecule has 0 radical (unpaired) electrons. The molecule has 10 heteroatoms. The number of hydrogen-bond donors (Lipinski definition) is 0. The van der Waals surface area contributed by atoms with Crippen LogP contribution in [0, 0.1) is 0 Å². The average Bonchev–Trinajstić information content (AvgIpc) is 2.85. The van der Waals surface area contributed by atoms with Crippen LogP contribution in [-0.4, -0.2) is 33.7 Å². The number of esters is 1. The Hall–Kier alpha value is -0.240. The van der Waals surface area contributed by atoms with Crippen molar-refractivity contribution in [2.45, 2.75) is 17.4 Å². The molecule has 1 saturated heterocycles. The van der Waals surface area contributed by atoms with Crippen molar-refractivity contribution in [3.8, 4) is 0 Å². The molecule has 1 aliphatic heterocycles. The standard InChI is InChI=1S/C11H8Cl4O5S/c12-6-3-7(21(15,17)18)10(14)8(9(6)13)11(16)20-5-1-2-19-4-5/h3,5H,1-2,4H2. The summed E-state index contributed by atoms with van der Waals surface area (Å²) in [5.41, 5.74) is -0.336. The molecule has 0 aromatic heterocycles. The molecule has 0 aliphatic carbocycles. The van der Waals surface area contributed by atoms with E-state index in [1.807, 2.05) is 0 Å². The molecular formula is C11H8Cl4O5S. The third-order valence-electron chi connectivity index (χ3n) is 2.75. The van der Waals surface area contributed by atoms with Gasteiger partial charge in [0, 0.05) is 17.1 Å². The maximum atomic E-state index is 12.1. The molecule has 0 saturated carbocycles. The summed E-state index contributed by atoms with van der Waals surface area (Å²) in [6, 6.07) is 0.976. The minimum Gasteiger partial charge on any atom is -0.456 e. The van der Waals surface area contributed by atoms with Crippen LogP contribution in [0.1, 0.15) is 16.8 Å². The number of benzene rings is 1. The molecule has 5 nitrogen and oxygen atoms in total. The zero-order chi connectivity index (χ0) is 15.8. The summed E-state index contributed by atoms with van der Waals surface area (Å²) < 4.78 is 33.1. The van der Waals surface area contributed by atoms with Gasteiger partial charge in [0.15, 0.2) is 0 Å². The van der Waals surface area contributed by atoms with Gasteiger partial charge in [-0.05, 0) is 6.07 Å². The van der Waals surface area contributed by atoms with E-state index < -0.39 is 31.0 Å². The topological polar surface area (TPSA) is 69.7 Å². The summed E-state index contributed by atoms with van der Waals surface area (Å²) in [5.74, 6) is -0.885. The van der Waals surface area contributed by atoms with Crippen LogP contribution in [-0.2, 0) is 18.5 Å². The number of carbonyl (C=O) groups excluding carboxylic acids is 1. The highest BCUT2D eigenvalue weighted by Crippen LogP contribution is 2.38. The van der Waals surface area contributed by atoms with Crippen LogP contribution in [0.15, 0.2) is 11.0 Å². The van der Waals surface area contributed by atoms with E-state index in [0.717, 1.165) is 6.07 Å². The minimum absolute atomic E-state index is 0.171. The number of hydrogen-bond acceptors (Lipinski definition) is 5. The van der Waals surface area contributed by atoms with Gasteiger partial charge in [0.2, 0.25) is 0 Å². The molecule has 1 unspecified atom stereocenters. The van der Waals surface area contributed by atoms with Gasteiger partial charge in [-0.2, -0.15) is 0 Å². The second-order valence-corrected chi connectivity index (χ2v) is 7.89. The molecule has 1 aliphatic rings. The van der Waals surface area contributed by atoms with E-state index in [2.05, 4.69) is 0 Å². The smallest absolute Gasteiger partial charge is 0.341 e. The maximum Gasteiger partial charge on any atom is 0.341 e. The predicted molar refractivity (Wildman–Crippen MR) is 79.2 cm³/mol. The monoisotopic (exact) mass is 392 g/mol. The van der Waals surface area contributed by atoms with Gasteiger partial charge in [-0.15, -0.1) is 0 Å². The molecule has 1 aromatic carbocycles. The Morgan fingerprint density at radius 1 is 1.29 bits per heavy atom. The van der Waals surface area contributed by atoms with E-state index in [4.69, 9.17) is 55.0 Å². The Kier molecular flexibility index (Phi) is 5.28. The summed E-state index contributed by atoms with van der Waals surface area (Å²) in [6.07, 6.45) is 0.0852. The summed E-state index contributed by atoms with van der Waals surface area (Å²) >= 11 is 17.6. The van der Waals surface area contributed by atoms with Crippen molar-refractivity contribution in [3.05, 3.63) is 26.7 Å². The summed E-state index contributed by atoms with van der Waals surface area (Å²) in [5, 5.41) is -0.798. The van der Waals surface area contributed by atoms with Crippen molar-refractivity contribution in [1.82, 2.24) is 0 Å². The predicted octanol–water partition coefficient (Wildman–Crippen LogP) is 3.52. The van der Waals surface area contributed by atoms with Crippen LogP contribution in [0.5, 0.6) is 0 Å². The van der Waals surface area contributed by atoms with E-state index in [-0.39, 0.29) is 22.2 Å². The Balaban J connectivity index is 2.46. The van der Waals surface area contributed by atoms with Crippen LogP contribution in [0.2, 0.25) is 15.1 Å². The van der Waals surface area contributed by atoms with E-state index in [9.17, 15) is 13.2 Å². The second-order valence-electron chi connectivity index (χ2n) is 4.19. The fraction of sp³-hybridized carbons (Fsp3) is 0.364. The van der Waals surface area contributed by atoms with Crippen LogP contribution >= 0.6 is 45.5 Å². The number of carbonyl (C=O) groups is 1. The van der Waals surface area contributed by atoms with Crippen molar-refractivity contribution >= 4 is 60.5 Å². The molecule has 0 bridgehead atoms. The highest BCUT2D eigenvalue weighted by molar-refractivity contribution is 8.13. The molecule has 116 valence electrons. The van der Waals surface area contributed by atoms with Crippen molar-refractivity contribution < 1.29 is 22.7 Å². The Morgan fingerprint density at radius 3 is 2.48 bits per heavy atom. The van der Waals surface area contributed by atoms with Crippen molar-refractivity contribution in [3.63, 3.8) is 0 Å². The van der Waals surface area contributed by atoms with Crippen LogP contribution in [0.25, 0.3) is 0 Å². The largest absolute Gasteiger partial charge is 0.456 e. The lowest BCUT2D eigenvalue weighted by atomic mass is 10.2. The minimum atomic E-state index is -4.19. The Labute approximate surface area is 140 Å². The zero-order valence-corrected chi connectivity index (χ0v) is 14.1. The number of rotatable bonds is 3. The summed E-state index contributed by atoms with van der Waals surface area (Å²) in [6.45, 7) is 0.721. The van der Waals surface area contributed by atoms with Gasteiger partial charge in [0.25, 0.3) is 9.05 Å². The molecule has 2 rings (SSSR count). The van der Waals surface area contributed by atoms with Crippen LogP contribution < -0.4 is 0 Å². The van der Waals surface area contributed by atoms with E-state index in [0.29, 0.717) is 13.0 Å². The third kappa shape index (κ3) is 3.75. The van der Waals surface area contributed by atoms with Gasteiger partial charge in [-0.25, -0.2) is 13.2 Å². The highest BCUT2D eigenvalue weighted by Gasteiger charge is 2.29. The van der Waals surface area contributed by atoms with E-state index in [1.165, 1.54) is 0 Å². The van der Waals surface area contributed by atoms with Crippen molar-refractivity contribution in [1.29, 1.82) is 0 Å². The Morgan fingerprint density at radius 2 is 1.95 bits per heavy atom. The van der Waals surface area contributed by atoms with E-state index in [1.54, 1.807) is 0 Å². The molecule has 1 atom stereocenters. The van der Waals surface area contributed by atoms with Crippen LogP contribution in [0.4, 0.5) is 0 Å². The highest BCUT2D eigenvalue weighted by atomic mass is 35.7. The number of halogens is 4. The lowest BCUT2D eigenvalue weighted by Crippen LogP contribution is -2.19. The first kappa shape index (κ1) is 17.1. The van der Waals surface area contributed by atoms with Gasteiger partial charge in [-0.1, -0.05) is 34.8 Å². The molecule has 21 heavy (non-hydrogen) atoms. The normalized spacial score (nSPS) is 18.8. The van der Waals surface area contributed by atoms with Crippen LogP contribution in [0.3, 0.4) is 0 Å². The van der Waals surface area contributed by atoms with Crippen molar-refractivity contribution in [2.75, 3.05) is 13.2 Å². The van der Waals surface area contributed by atoms with Gasteiger partial charge in [0.1, 0.15) is 11.0 Å². The first-order valence-corrected chi connectivity index (χ1v) is 9.07.